The van der Waals surface area contributed by atoms with Crippen molar-refractivity contribution in [2.45, 2.75) is 39.0 Å². The lowest BCUT2D eigenvalue weighted by molar-refractivity contribution is -0.142. The molecule has 4 rings (SSSR count). The molecule has 0 amide bonds. The van der Waals surface area contributed by atoms with Crippen LogP contribution in [0.4, 0.5) is 17.6 Å². The van der Waals surface area contributed by atoms with Gasteiger partial charge in [0.2, 0.25) is 5.75 Å². The van der Waals surface area contributed by atoms with E-state index in [1.807, 2.05) is 11.0 Å². The average Bonchev–Trinajstić information content (AvgIpc) is 3.11. The Kier molecular flexibility index (Phi) is 5.77. The zero-order valence-electron chi connectivity index (χ0n) is 16.4. The summed E-state index contributed by atoms with van der Waals surface area (Å²) in [5.41, 5.74) is 1.55. The molecule has 0 saturated carbocycles. The molecule has 2 heterocycles. The van der Waals surface area contributed by atoms with Crippen molar-refractivity contribution >= 4 is 0 Å². The molecule has 0 bridgehead atoms. The van der Waals surface area contributed by atoms with Crippen LogP contribution >= 0.6 is 0 Å². The standard InChI is InChI=1S/C22H19F4N3O2/c23-18-7-6-16-10-28(11-17(16)8-18)12-20-27-9-19(21(30)29(20)14-22(24,25)26)31-13-15-4-2-1-3-5-15/h1-9H,10-14H2. The quantitative estimate of drug-likeness (QED) is 0.551. The summed E-state index contributed by atoms with van der Waals surface area (Å²) in [7, 11) is 0. The summed E-state index contributed by atoms with van der Waals surface area (Å²) in [5.74, 6) is -0.640. The molecule has 0 N–H and O–H groups in total. The van der Waals surface area contributed by atoms with Crippen molar-refractivity contribution < 1.29 is 22.3 Å². The summed E-state index contributed by atoms with van der Waals surface area (Å²) < 4.78 is 59.0. The monoisotopic (exact) mass is 433 g/mol. The van der Waals surface area contributed by atoms with E-state index in [-0.39, 0.29) is 30.5 Å². The van der Waals surface area contributed by atoms with Gasteiger partial charge in [-0.25, -0.2) is 9.37 Å². The molecule has 5 nitrogen and oxygen atoms in total. The third kappa shape index (κ3) is 5.11. The van der Waals surface area contributed by atoms with E-state index in [0.29, 0.717) is 17.7 Å². The van der Waals surface area contributed by atoms with Crippen molar-refractivity contribution in [3.63, 3.8) is 0 Å². The lowest BCUT2D eigenvalue weighted by atomic mass is 10.1. The molecule has 3 aromatic rings. The second kappa shape index (κ2) is 8.50. The van der Waals surface area contributed by atoms with Gasteiger partial charge in [0.1, 0.15) is 24.8 Å². The van der Waals surface area contributed by atoms with Gasteiger partial charge in [-0.2, -0.15) is 13.2 Å². The van der Waals surface area contributed by atoms with Crippen LogP contribution in [-0.4, -0.2) is 20.6 Å². The fourth-order valence-corrected chi connectivity index (χ4v) is 3.56. The van der Waals surface area contributed by atoms with Crippen LogP contribution in [0.2, 0.25) is 0 Å². The summed E-state index contributed by atoms with van der Waals surface area (Å²) in [5, 5.41) is 0. The van der Waals surface area contributed by atoms with E-state index in [4.69, 9.17) is 4.74 Å². The maximum Gasteiger partial charge on any atom is 0.406 e. The molecule has 1 aliphatic rings. The Morgan fingerprint density at radius 2 is 1.77 bits per heavy atom. The zero-order chi connectivity index (χ0) is 22.0. The number of nitrogens with zero attached hydrogens (tertiary/aromatic N) is 3. The lowest BCUT2D eigenvalue weighted by Crippen LogP contribution is -2.34. The molecule has 0 unspecified atom stereocenters. The van der Waals surface area contributed by atoms with Crippen LogP contribution in [0.1, 0.15) is 22.5 Å². The summed E-state index contributed by atoms with van der Waals surface area (Å²) >= 11 is 0. The van der Waals surface area contributed by atoms with Gasteiger partial charge in [-0.1, -0.05) is 36.4 Å². The number of aromatic nitrogens is 2. The van der Waals surface area contributed by atoms with E-state index in [1.165, 1.54) is 12.1 Å². The molecule has 0 aliphatic carbocycles. The van der Waals surface area contributed by atoms with Gasteiger partial charge in [0.25, 0.3) is 5.56 Å². The lowest BCUT2D eigenvalue weighted by Gasteiger charge is -2.19. The normalized spacial score (nSPS) is 13.9. The van der Waals surface area contributed by atoms with Gasteiger partial charge >= 0.3 is 6.18 Å². The van der Waals surface area contributed by atoms with E-state index in [0.717, 1.165) is 22.9 Å². The van der Waals surface area contributed by atoms with Crippen molar-refractivity contribution in [3.8, 4) is 5.75 Å². The summed E-state index contributed by atoms with van der Waals surface area (Å²) in [6.45, 7) is -0.617. The molecule has 31 heavy (non-hydrogen) atoms. The SMILES string of the molecule is O=c1c(OCc2ccccc2)cnc(CN2Cc3ccc(F)cc3C2)n1CC(F)(F)F. The highest BCUT2D eigenvalue weighted by atomic mass is 19.4. The molecule has 9 heteroatoms. The number of fused-ring (bicyclic) bond motifs is 1. The van der Waals surface area contributed by atoms with E-state index < -0.39 is 18.3 Å². The highest BCUT2D eigenvalue weighted by molar-refractivity contribution is 5.31. The van der Waals surface area contributed by atoms with Crippen LogP contribution in [-0.2, 0) is 32.8 Å². The van der Waals surface area contributed by atoms with Crippen LogP contribution in [0.3, 0.4) is 0 Å². The Morgan fingerprint density at radius 1 is 1.03 bits per heavy atom. The zero-order valence-corrected chi connectivity index (χ0v) is 16.4. The minimum absolute atomic E-state index is 0.0145. The summed E-state index contributed by atoms with van der Waals surface area (Å²) in [6.07, 6.45) is -3.44. The van der Waals surface area contributed by atoms with Gasteiger partial charge in [-0.15, -0.1) is 0 Å². The van der Waals surface area contributed by atoms with E-state index in [1.54, 1.807) is 30.3 Å². The highest BCUT2D eigenvalue weighted by Gasteiger charge is 2.31. The number of benzene rings is 2. The summed E-state index contributed by atoms with van der Waals surface area (Å²) in [6, 6.07) is 13.4. The Morgan fingerprint density at radius 3 is 2.52 bits per heavy atom. The smallest absolute Gasteiger partial charge is 0.406 e. The molecule has 0 fully saturated rings. The minimum atomic E-state index is -4.60. The van der Waals surface area contributed by atoms with Crippen LogP contribution in [0, 0.1) is 5.82 Å². The van der Waals surface area contributed by atoms with Crippen LogP contribution in [0.25, 0.3) is 0 Å². The Hall–Kier alpha value is -3.20. The molecule has 1 aliphatic heterocycles. The Labute approximate surface area is 175 Å². The summed E-state index contributed by atoms with van der Waals surface area (Å²) in [4.78, 5) is 18.7. The first-order valence-corrected chi connectivity index (χ1v) is 9.60. The largest absolute Gasteiger partial charge is 0.482 e. The molecule has 1 aromatic heterocycles. The molecule has 0 saturated heterocycles. The molecule has 2 aromatic carbocycles. The number of halogens is 4. The van der Waals surface area contributed by atoms with Crippen molar-refractivity contribution in [1.29, 1.82) is 0 Å². The van der Waals surface area contributed by atoms with E-state index >= 15 is 0 Å². The average molecular weight is 433 g/mol. The van der Waals surface area contributed by atoms with Crippen molar-refractivity contribution in [1.82, 2.24) is 14.5 Å². The number of ether oxygens (including phenoxy) is 1. The van der Waals surface area contributed by atoms with Gasteiger partial charge in [0.15, 0.2) is 0 Å². The second-order valence-corrected chi connectivity index (χ2v) is 7.38. The highest BCUT2D eigenvalue weighted by Crippen LogP contribution is 2.25. The van der Waals surface area contributed by atoms with E-state index in [9.17, 15) is 22.4 Å². The van der Waals surface area contributed by atoms with Gasteiger partial charge in [-0.3, -0.25) is 14.3 Å². The minimum Gasteiger partial charge on any atom is -0.482 e. The molecule has 0 radical (unpaired) electrons. The fraction of sp³-hybridized carbons (Fsp3) is 0.273. The Balaban J connectivity index is 1.57. The van der Waals surface area contributed by atoms with Crippen LogP contribution < -0.4 is 10.3 Å². The van der Waals surface area contributed by atoms with E-state index in [2.05, 4.69) is 4.98 Å². The van der Waals surface area contributed by atoms with Crippen molar-refractivity contribution in [2.24, 2.45) is 0 Å². The Bertz CT molecular complexity index is 1130. The van der Waals surface area contributed by atoms with Gasteiger partial charge in [-0.05, 0) is 28.8 Å². The number of hydrogen-bond acceptors (Lipinski definition) is 4. The molecule has 162 valence electrons. The fourth-order valence-electron chi connectivity index (χ4n) is 3.56. The van der Waals surface area contributed by atoms with Crippen molar-refractivity contribution in [3.05, 3.63) is 93.4 Å². The first-order chi connectivity index (χ1) is 14.8. The van der Waals surface area contributed by atoms with Gasteiger partial charge in [0.05, 0.1) is 12.7 Å². The maximum absolute atomic E-state index is 13.4. The van der Waals surface area contributed by atoms with Crippen LogP contribution in [0.5, 0.6) is 5.75 Å². The number of alkyl halides is 3. The number of hydrogen-bond donors (Lipinski definition) is 0. The topological polar surface area (TPSA) is 47.4 Å². The third-order valence-electron chi connectivity index (χ3n) is 4.99. The van der Waals surface area contributed by atoms with Crippen molar-refractivity contribution in [2.75, 3.05) is 0 Å². The predicted octanol–water partition coefficient (Wildman–Crippen LogP) is 4.04. The maximum atomic E-state index is 13.4. The number of rotatable bonds is 6. The van der Waals surface area contributed by atoms with Gasteiger partial charge < -0.3 is 4.74 Å². The molecule has 0 atom stereocenters. The molecule has 0 spiro atoms. The second-order valence-electron chi connectivity index (χ2n) is 7.38. The van der Waals surface area contributed by atoms with Crippen LogP contribution in [0.15, 0.2) is 59.5 Å². The van der Waals surface area contributed by atoms with Gasteiger partial charge in [0, 0.05) is 13.1 Å². The molecular formula is C22H19F4N3O2. The molecular weight excluding hydrogens is 414 g/mol. The first-order valence-electron chi connectivity index (χ1n) is 9.60. The third-order valence-corrected chi connectivity index (χ3v) is 4.99. The predicted molar refractivity (Wildman–Crippen MR) is 105 cm³/mol. The first kappa shape index (κ1) is 21.0.